The van der Waals surface area contributed by atoms with Crippen LogP contribution in [0.3, 0.4) is 0 Å². The molecule has 9 nitrogen and oxygen atoms in total. The summed E-state index contributed by atoms with van der Waals surface area (Å²) in [5.74, 6) is -0.209. The molecule has 1 amide bonds. The van der Waals surface area contributed by atoms with Crippen LogP contribution in [-0.4, -0.2) is 87.5 Å². The third kappa shape index (κ3) is 40.7. The van der Waals surface area contributed by atoms with Crippen LogP contribution in [0.1, 0.15) is 258 Å². The Morgan fingerprint density at radius 2 is 0.887 bits per heavy atom. The summed E-state index contributed by atoms with van der Waals surface area (Å²) in [5, 5.41) is 54.4. The first-order chi connectivity index (χ1) is 34.8. The topological polar surface area (TPSA) is 149 Å². The normalized spacial score (nSPS) is 19.8. The van der Waals surface area contributed by atoms with Crippen molar-refractivity contribution in [2.45, 2.75) is 301 Å². The van der Waals surface area contributed by atoms with Crippen molar-refractivity contribution in [2.75, 3.05) is 13.2 Å². The predicted octanol–water partition coefficient (Wildman–Crippen LogP) is 14.8. The standard InChI is InChI=1S/C62H111NO8/c1-3-5-7-9-11-13-15-17-19-20-21-22-23-24-25-26-27-28-29-30-31-32-33-34-35-36-38-39-41-43-45-47-49-51-56(65)55(54-70-62-61(69)60(68)59(67)57(53-64)71-62)63-58(66)52-50-48-46-44-42-40-37-18-16-14-12-10-8-6-4-2/h6,8,12,14,18,35-37,41,43,49,51,55-57,59-62,64-65,67-69H,3-5,7,9-11,13,15-17,19-34,38-40,42,44-48,50,52-54H2,1-2H3,(H,63,66)/b8-6-,14-12-,36-35+,37-18-,43-41+,51-49+. The van der Waals surface area contributed by atoms with E-state index in [1.54, 1.807) is 6.08 Å². The van der Waals surface area contributed by atoms with Crippen molar-refractivity contribution in [1.29, 1.82) is 0 Å². The van der Waals surface area contributed by atoms with Crippen LogP contribution < -0.4 is 5.32 Å². The van der Waals surface area contributed by atoms with Crippen molar-refractivity contribution in [3.8, 4) is 0 Å². The van der Waals surface area contributed by atoms with Gasteiger partial charge in [0, 0.05) is 6.42 Å². The van der Waals surface area contributed by atoms with Gasteiger partial charge in [-0.3, -0.25) is 4.79 Å². The molecule has 0 aromatic carbocycles. The summed E-state index contributed by atoms with van der Waals surface area (Å²) < 4.78 is 11.2. The second kappa shape index (κ2) is 51.1. The lowest BCUT2D eigenvalue weighted by Crippen LogP contribution is -2.60. The van der Waals surface area contributed by atoms with E-state index in [0.29, 0.717) is 6.42 Å². The fraction of sp³-hybridized carbons (Fsp3) is 0.790. The number of rotatable bonds is 50. The van der Waals surface area contributed by atoms with Crippen LogP contribution >= 0.6 is 0 Å². The highest BCUT2D eigenvalue weighted by molar-refractivity contribution is 5.76. The number of aliphatic hydroxyl groups excluding tert-OH is 5. The van der Waals surface area contributed by atoms with Gasteiger partial charge in [0.15, 0.2) is 6.29 Å². The van der Waals surface area contributed by atoms with Gasteiger partial charge in [0.25, 0.3) is 0 Å². The van der Waals surface area contributed by atoms with E-state index < -0.39 is 49.5 Å². The lowest BCUT2D eigenvalue weighted by Gasteiger charge is -2.40. The maximum Gasteiger partial charge on any atom is 0.220 e. The Labute approximate surface area is 436 Å². The van der Waals surface area contributed by atoms with Gasteiger partial charge in [-0.15, -0.1) is 0 Å². The summed E-state index contributed by atoms with van der Waals surface area (Å²) in [4.78, 5) is 13.0. The van der Waals surface area contributed by atoms with Crippen molar-refractivity contribution < 1.29 is 39.8 Å². The van der Waals surface area contributed by atoms with E-state index in [2.05, 4.69) is 79.9 Å². The summed E-state index contributed by atoms with van der Waals surface area (Å²) >= 11 is 0. The summed E-state index contributed by atoms with van der Waals surface area (Å²) in [6.07, 6.45) is 64.3. The first-order valence-electron chi connectivity index (χ1n) is 29.7. The highest BCUT2D eigenvalue weighted by Crippen LogP contribution is 2.23. The van der Waals surface area contributed by atoms with E-state index in [-0.39, 0.29) is 12.5 Å². The monoisotopic (exact) mass is 998 g/mol. The molecule has 7 atom stereocenters. The third-order valence-electron chi connectivity index (χ3n) is 13.7. The minimum absolute atomic E-state index is 0.209. The molecule has 0 aromatic heterocycles. The van der Waals surface area contributed by atoms with Crippen LogP contribution in [0.15, 0.2) is 72.9 Å². The SMILES string of the molecule is CC/C=C\C/C=C\C/C=C\CCCCCCCC(=O)NC(COC1OC(CO)C(O)C(O)C1O)C(O)/C=C/CC/C=C/CC/C=C/CCCCCCCCCCCCCCCCCCCCCCCCC. The zero-order valence-corrected chi connectivity index (χ0v) is 45.7. The number of carbonyl (C=O) groups excluding carboxylic acids is 1. The molecule has 1 heterocycles. The molecule has 9 heteroatoms. The summed E-state index contributed by atoms with van der Waals surface area (Å²) in [7, 11) is 0. The van der Waals surface area contributed by atoms with Gasteiger partial charge in [-0.25, -0.2) is 0 Å². The number of amides is 1. The van der Waals surface area contributed by atoms with Gasteiger partial charge in [0.2, 0.25) is 5.91 Å². The fourth-order valence-corrected chi connectivity index (χ4v) is 9.09. The van der Waals surface area contributed by atoms with E-state index in [4.69, 9.17) is 9.47 Å². The van der Waals surface area contributed by atoms with E-state index in [9.17, 15) is 30.3 Å². The van der Waals surface area contributed by atoms with Gasteiger partial charge in [0.1, 0.15) is 24.4 Å². The molecule has 6 N–H and O–H groups in total. The van der Waals surface area contributed by atoms with Gasteiger partial charge in [-0.05, 0) is 77.0 Å². The summed E-state index contributed by atoms with van der Waals surface area (Å²) in [6, 6.07) is -0.841. The number of nitrogens with one attached hydrogen (secondary N) is 1. The number of allylic oxidation sites excluding steroid dienone is 11. The molecule has 7 unspecified atom stereocenters. The fourth-order valence-electron chi connectivity index (χ4n) is 9.09. The van der Waals surface area contributed by atoms with Crippen molar-refractivity contribution in [2.24, 2.45) is 0 Å². The van der Waals surface area contributed by atoms with Crippen LogP contribution in [0, 0.1) is 0 Å². The van der Waals surface area contributed by atoms with Crippen LogP contribution in [0.25, 0.3) is 0 Å². The number of carbonyl (C=O) groups is 1. The van der Waals surface area contributed by atoms with Crippen molar-refractivity contribution >= 4 is 5.91 Å². The van der Waals surface area contributed by atoms with Crippen molar-refractivity contribution in [3.05, 3.63) is 72.9 Å². The highest BCUT2D eigenvalue weighted by Gasteiger charge is 2.44. The van der Waals surface area contributed by atoms with E-state index >= 15 is 0 Å². The van der Waals surface area contributed by atoms with Crippen LogP contribution in [0.4, 0.5) is 0 Å². The molecule has 1 fully saturated rings. The molecule has 1 rings (SSSR count). The maximum atomic E-state index is 13.0. The van der Waals surface area contributed by atoms with Gasteiger partial charge in [0.05, 0.1) is 25.4 Å². The second-order valence-electron chi connectivity index (χ2n) is 20.4. The van der Waals surface area contributed by atoms with E-state index in [1.165, 1.54) is 154 Å². The zero-order chi connectivity index (χ0) is 51.5. The van der Waals surface area contributed by atoms with Gasteiger partial charge < -0.3 is 40.3 Å². The minimum Gasteiger partial charge on any atom is -0.394 e. The Morgan fingerprint density at radius 3 is 1.35 bits per heavy atom. The molecule has 1 aliphatic rings. The van der Waals surface area contributed by atoms with Gasteiger partial charge in [-0.2, -0.15) is 0 Å². The number of ether oxygens (including phenoxy) is 2. The minimum atomic E-state index is -1.58. The van der Waals surface area contributed by atoms with E-state index in [0.717, 1.165) is 83.5 Å². The molecular formula is C62H111NO8. The maximum absolute atomic E-state index is 13.0. The third-order valence-corrected chi connectivity index (χ3v) is 13.7. The Bertz CT molecular complexity index is 1340. The number of aliphatic hydroxyl groups is 5. The molecule has 1 aliphatic heterocycles. The lowest BCUT2D eigenvalue weighted by molar-refractivity contribution is -0.302. The molecule has 0 saturated carbocycles. The molecule has 0 aliphatic carbocycles. The molecule has 0 spiro atoms. The molecule has 71 heavy (non-hydrogen) atoms. The Balaban J connectivity index is 2.20. The molecule has 1 saturated heterocycles. The molecule has 412 valence electrons. The van der Waals surface area contributed by atoms with E-state index in [1.807, 2.05) is 6.08 Å². The average Bonchev–Trinajstić information content (AvgIpc) is 3.37. The van der Waals surface area contributed by atoms with Gasteiger partial charge in [-0.1, -0.05) is 247 Å². The number of unbranched alkanes of at least 4 members (excludes halogenated alkanes) is 30. The Kier molecular flexibility index (Phi) is 48.0. The number of hydrogen-bond acceptors (Lipinski definition) is 8. The zero-order valence-electron chi connectivity index (χ0n) is 45.7. The Morgan fingerprint density at radius 1 is 0.493 bits per heavy atom. The predicted molar refractivity (Wildman–Crippen MR) is 299 cm³/mol. The van der Waals surface area contributed by atoms with Crippen molar-refractivity contribution in [3.63, 3.8) is 0 Å². The first kappa shape index (κ1) is 66.6. The smallest absolute Gasteiger partial charge is 0.220 e. The Hall–Kier alpha value is -2.37. The molecular weight excluding hydrogens is 887 g/mol. The van der Waals surface area contributed by atoms with Crippen molar-refractivity contribution in [1.82, 2.24) is 5.32 Å². The summed E-state index contributed by atoms with van der Waals surface area (Å²) in [5.41, 5.74) is 0. The summed E-state index contributed by atoms with van der Waals surface area (Å²) in [6.45, 7) is 3.64. The van der Waals surface area contributed by atoms with Crippen LogP contribution in [0.5, 0.6) is 0 Å². The van der Waals surface area contributed by atoms with Gasteiger partial charge >= 0.3 is 0 Å². The molecule has 0 radical (unpaired) electrons. The van der Waals surface area contributed by atoms with Crippen LogP contribution in [-0.2, 0) is 14.3 Å². The molecule has 0 bridgehead atoms. The second-order valence-corrected chi connectivity index (χ2v) is 20.4. The highest BCUT2D eigenvalue weighted by atomic mass is 16.7. The lowest BCUT2D eigenvalue weighted by atomic mass is 9.99. The number of hydrogen-bond donors (Lipinski definition) is 6. The van der Waals surface area contributed by atoms with Crippen LogP contribution in [0.2, 0.25) is 0 Å². The first-order valence-corrected chi connectivity index (χ1v) is 29.7. The largest absolute Gasteiger partial charge is 0.394 e. The molecule has 0 aromatic rings. The quantitative estimate of drug-likeness (QED) is 0.0261. The average molecular weight is 999 g/mol.